The van der Waals surface area contributed by atoms with Gasteiger partial charge in [0.2, 0.25) is 17.7 Å². The van der Waals surface area contributed by atoms with E-state index < -0.39 is 29.9 Å². The number of piperidine rings is 1. The lowest BCUT2D eigenvalue weighted by Crippen LogP contribution is -2.57. The summed E-state index contributed by atoms with van der Waals surface area (Å²) in [5.41, 5.74) is 5.03. The highest BCUT2D eigenvalue weighted by Crippen LogP contribution is 2.08. The maximum Gasteiger partial charge on any atom is 0.312 e. The molecule has 20 heavy (non-hydrogen) atoms. The molecule has 1 fully saturated rings. The molecule has 0 aromatic carbocycles. The standard InChI is InChI=1S/C12H20N4O4/c1-6(2)5-8(15-12(13)20)11(19)14-7-3-4-9(17)16-10(7)18/h6-8H,3-5H2,1-2H3,(H,14,19)(H3,13,15,20)(H,16,17,18). The minimum absolute atomic E-state index is 0.166. The molecule has 1 rings (SSSR count). The van der Waals surface area contributed by atoms with Crippen LogP contribution < -0.4 is 21.7 Å². The highest BCUT2D eigenvalue weighted by molar-refractivity contribution is 6.02. The van der Waals surface area contributed by atoms with Crippen LogP contribution in [-0.4, -0.2) is 35.8 Å². The molecule has 112 valence electrons. The fourth-order valence-electron chi connectivity index (χ4n) is 1.98. The van der Waals surface area contributed by atoms with Crippen molar-refractivity contribution in [3.05, 3.63) is 0 Å². The first-order chi connectivity index (χ1) is 9.29. The quantitative estimate of drug-likeness (QED) is 0.482. The Morgan fingerprint density at radius 1 is 1.40 bits per heavy atom. The first-order valence-electron chi connectivity index (χ1n) is 6.49. The predicted octanol–water partition coefficient (Wildman–Crippen LogP) is -1.01. The number of hydrogen-bond donors (Lipinski definition) is 4. The first kappa shape index (κ1) is 15.9. The molecular weight excluding hydrogens is 264 g/mol. The lowest BCUT2D eigenvalue weighted by molar-refractivity contribution is -0.137. The van der Waals surface area contributed by atoms with Crippen molar-refractivity contribution >= 4 is 23.8 Å². The zero-order valence-corrected chi connectivity index (χ0v) is 11.6. The number of amides is 5. The van der Waals surface area contributed by atoms with Gasteiger partial charge in [-0.15, -0.1) is 0 Å². The number of hydrogen-bond acceptors (Lipinski definition) is 4. The molecule has 0 aromatic heterocycles. The Morgan fingerprint density at radius 2 is 2.05 bits per heavy atom. The van der Waals surface area contributed by atoms with E-state index in [9.17, 15) is 19.2 Å². The van der Waals surface area contributed by atoms with Crippen molar-refractivity contribution < 1.29 is 19.2 Å². The van der Waals surface area contributed by atoms with Crippen LogP contribution in [0.25, 0.3) is 0 Å². The van der Waals surface area contributed by atoms with Crippen LogP contribution in [0.4, 0.5) is 4.79 Å². The van der Waals surface area contributed by atoms with Crippen LogP contribution in [0, 0.1) is 5.92 Å². The van der Waals surface area contributed by atoms with Crippen LogP contribution in [-0.2, 0) is 14.4 Å². The Labute approximate surface area is 116 Å². The van der Waals surface area contributed by atoms with E-state index >= 15 is 0 Å². The summed E-state index contributed by atoms with van der Waals surface area (Å²) >= 11 is 0. The Kier molecular flexibility index (Phi) is 5.48. The van der Waals surface area contributed by atoms with Gasteiger partial charge in [-0.25, -0.2) is 4.79 Å². The molecule has 5 amide bonds. The first-order valence-corrected chi connectivity index (χ1v) is 6.49. The van der Waals surface area contributed by atoms with Gasteiger partial charge in [-0.2, -0.15) is 0 Å². The fraction of sp³-hybridized carbons (Fsp3) is 0.667. The SMILES string of the molecule is CC(C)CC(NC(N)=O)C(=O)NC1CCC(=O)NC1=O. The van der Waals surface area contributed by atoms with Crippen LogP contribution in [0.3, 0.4) is 0 Å². The van der Waals surface area contributed by atoms with Crippen molar-refractivity contribution in [2.24, 2.45) is 11.7 Å². The smallest absolute Gasteiger partial charge is 0.312 e. The van der Waals surface area contributed by atoms with Gasteiger partial charge < -0.3 is 16.4 Å². The minimum Gasteiger partial charge on any atom is -0.352 e. The van der Waals surface area contributed by atoms with Crippen LogP contribution in [0.5, 0.6) is 0 Å². The van der Waals surface area contributed by atoms with Crippen molar-refractivity contribution in [3.63, 3.8) is 0 Å². The fourth-order valence-corrected chi connectivity index (χ4v) is 1.98. The molecule has 0 radical (unpaired) electrons. The summed E-state index contributed by atoms with van der Waals surface area (Å²) in [5, 5.41) is 7.03. The number of primary amides is 1. The molecule has 1 aliphatic heterocycles. The summed E-state index contributed by atoms with van der Waals surface area (Å²) in [6.07, 6.45) is 0.832. The lowest BCUT2D eigenvalue weighted by Gasteiger charge is -2.25. The highest BCUT2D eigenvalue weighted by Gasteiger charge is 2.30. The average Bonchev–Trinajstić information content (AvgIpc) is 2.30. The Balaban J connectivity index is 2.63. The minimum atomic E-state index is -0.797. The lowest BCUT2D eigenvalue weighted by atomic mass is 10.0. The molecule has 1 saturated heterocycles. The third kappa shape index (κ3) is 4.87. The number of rotatable bonds is 5. The second-order valence-corrected chi connectivity index (χ2v) is 5.20. The largest absolute Gasteiger partial charge is 0.352 e. The van der Waals surface area contributed by atoms with Gasteiger partial charge in [0.15, 0.2) is 0 Å². The Morgan fingerprint density at radius 3 is 2.55 bits per heavy atom. The summed E-state index contributed by atoms with van der Waals surface area (Å²) in [4.78, 5) is 45.5. The summed E-state index contributed by atoms with van der Waals surface area (Å²) in [5.74, 6) is -1.20. The van der Waals surface area contributed by atoms with Crippen molar-refractivity contribution in [3.8, 4) is 0 Å². The normalized spacial score (nSPS) is 20.2. The number of carbonyl (C=O) groups is 4. The van der Waals surface area contributed by atoms with Gasteiger partial charge in [-0.1, -0.05) is 13.8 Å². The molecule has 8 heteroatoms. The monoisotopic (exact) mass is 284 g/mol. The van der Waals surface area contributed by atoms with E-state index in [2.05, 4.69) is 16.0 Å². The Bertz CT molecular complexity index is 422. The van der Waals surface area contributed by atoms with Gasteiger partial charge in [0.25, 0.3) is 0 Å². The molecule has 0 aliphatic carbocycles. The summed E-state index contributed by atoms with van der Waals surface area (Å²) in [6, 6.07) is -2.35. The van der Waals surface area contributed by atoms with Gasteiger partial charge in [0.1, 0.15) is 12.1 Å². The molecule has 8 nitrogen and oxygen atoms in total. The molecule has 0 bridgehead atoms. The average molecular weight is 284 g/mol. The number of imide groups is 1. The van der Waals surface area contributed by atoms with E-state index in [0.717, 1.165) is 0 Å². The predicted molar refractivity (Wildman–Crippen MR) is 70.3 cm³/mol. The number of carbonyl (C=O) groups excluding carboxylic acids is 4. The number of nitrogens with two attached hydrogens (primary N) is 1. The summed E-state index contributed by atoms with van der Waals surface area (Å²) in [7, 11) is 0. The van der Waals surface area contributed by atoms with E-state index in [-0.39, 0.29) is 24.7 Å². The highest BCUT2D eigenvalue weighted by atomic mass is 16.2. The molecule has 5 N–H and O–H groups in total. The molecule has 1 heterocycles. The van der Waals surface area contributed by atoms with Crippen LogP contribution in [0.2, 0.25) is 0 Å². The molecule has 0 spiro atoms. The Hall–Kier alpha value is -2.12. The van der Waals surface area contributed by atoms with Gasteiger partial charge in [-0.3, -0.25) is 19.7 Å². The maximum atomic E-state index is 12.1. The topological polar surface area (TPSA) is 130 Å². The van der Waals surface area contributed by atoms with E-state index in [1.165, 1.54) is 0 Å². The van der Waals surface area contributed by atoms with Crippen LogP contribution in [0.15, 0.2) is 0 Å². The molecule has 1 aliphatic rings. The van der Waals surface area contributed by atoms with Crippen molar-refractivity contribution in [1.82, 2.24) is 16.0 Å². The van der Waals surface area contributed by atoms with Gasteiger partial charge in [-0.05, 0) is 18.8 Å². The molecule has 0 saturated carbocycles. The van der Waals surface area contributed by atoms with E-state index in [1.54, 1.807) is 0 Å². The second-order valence-electron chi connectivity index (χ2n) is 5.20. The third-order valence-electron chi connectivity index (χ3n) is 2.90. The summed E-state index contributed by atoms with van der Waals surface area (Å²) < 4.78 is 0. The van der Waals surface area contributed by atoms with Gasteiger partial charge >= 0.3 is 6.03 Å². The van der Waals surface area contributed by atoms with Crippen LogP contribution in [0.1, 0.15) is 33.1 Å². The summed E-state index contributed by atoms with van der Waals surface area (Å²) in [6.45, 7) is 3.80. The van der Waals surface area contributed by atoms with E-state index in [4.69, 9.17) is 5.73 Å². The number of urea groups is 1. The van der Waals surface area contributed by atoms with Crippen molar-refractivity contribution in [1.29, 1.82) is 0 Å². The second kappa shape index (κ2) is 6.88. The molecular formula is C12H20N4O4. The number of nitrogens with one attached hydrogen (secondary N) is 3. The molecule has 0 aromatic rings. The van der Waals surface area contributed by atoms with Crippen LogP contribution >= 0.6 is 0 Å². The van der Waals surface area contributed by atoms with Gasteiger partial charge in [0.05, 0.1) is 0 Å². The zero-order valence-electron chi connectivity index (χ0n) is 11.6. The zero-order chi connectivity index (χ0) is 15.3. The maximum absolute atomic E-state index is 12.1. The van der Waals surface area contributed by atoms with Gasteiger partial charge in [0, 0.05) is 6.42 Å². The molecule has 2 atom stereocenters. The molecule has 2 unspecified atom stereocenters. The third-order valence-corrected chi connectivity index (χ3v) is 2.90. The van der Waals surface area contributed by atoms with Crippen molar-refractivity contribution in [2.75, 3.05) is 0 Å². The van der Waals surface area contributed by atoms with E-state index in [0.29, 0.717) is 6.42 Å². The van der Waals surface area contributed by atoms with Crippen molar-refractivity contribution in [2.45, 2.75) is 45.2 Å². The van der Waals surface area contributed by atoms with E-state index in [1.807, 2.05) is 13.8 Å².